The van der Waals surface area contributed by atoms with Crippen LogP contribution >= 0.6 is 0 Å². The van der Waals surface area contributed by atoms with Gasteiger partial charge in [0.15, 0.2) is 6.61 Å². The van der Waals surface area contributed by atoms with E-state index in [9.17, 15) is 32.9 Å². The van der Waals surface area contributed by atoms with E-state index in [0.717, 1.165) is 4.52 Å². The normalized spacial score (nSPS) is 11.5. The summed E-state index contributed by atoms with van der Waals surface area (Å²) >= 11 is 0. The number of hydrogen-bond donors (Lipinski definition) is 1. The maximum Gasteiger partial charge on any atom is 0.453 e. The third-order valence-corrected chi connectivity index (χ3v) is 4.95. The Balaban J connectivity index is 1.60. The molecule has 0 saturated carbocycles. The second kappa shape index (κ2) is 9.41. The lowest BCUT2D eigenvalue weighted by molar-refractivity contribution is -0.384. The van der Waals surface area contributed by atoms with Gasteiger partial charge in [0.2, 0.25) is 0 Å². The number of carbonyl (C=O) groups is 2. The Hall–Kier alpha value is -4.10. The van der Waals surface area contributed by atoms with E-state index in [0.29, 0.717) is 22.5 Å². The topological polar surface area (TPSA) is 142 Å². The number of ether oxygens (including phenoxy) is 1. The van der Waals surface area contributed by atoms with Crippen molar-refractivity contribution in [2.75, 3.05) is 11.9 Å². The number of nitrogens with zero attached hydrogens (tertiary/aromatic N) is 5. The molecule has 0 unspecified atom stereocenters. The number of esters is 1. The van der Waals surface area contributed by atoms with Crippen LogP contribution in [0.5, 0.6) is 0 Å². The van der Waals surface area contributed by atoms with Gasteiger partial charge in [0.25, 0.3) is 23.2 Å². The minimum absolute atomic E-state index is 0.0895. The van der Waals surface area contributed by atoms with E-state index in [4.69, 9.17) is 4.74 Å². The van der Waals surface area contributed by atoms with Crippen LogP contribution in [0, 0.1) is 30.9 Å². The first-order valence-electron chi connectivity index (χ1n) is 9.87. The van der Waals surface area contributed by atoms with Crippen LogP contribution in [0.1, 0.15) is 34.8 Å². The second-order valence-electron chi connectivity index (χ2n) is 7.37. The van der Waals surface area contributed by atoms with Crippen LogP contribution in [0.15, 0.2) is 18.2 Å². The number of aromatic nitrogens is 4. The van der Waals surface area contributed by atoms with Crippen molar-refractivity contribution in [3.05, 3.63) is 56.7 Å². The Morgan fingerprint density at radius 2 is 1.91 bits per heavy atom. The van der Waals surface area contributed by atoms with E-state index in [2.05, 4.69) is 20.4 Å². The minimum Gasteiger partial charge on any atom is -0.456 e. The molecular formula is C20H19F3N6O5. The Labute approximate surface area is 190 Å². The quantitative estimate of drug-likeness (QED) is 0.309. The fourth-order valence-corrected chi connectivity index (χ4v) is 3.18. The molecule has 0 spiro atoms. The summed E-state index contributed by atoms with van der Waals surface area (Å²) in [7, 11) is 0. The smallest absolute Gasteiger partial charge is 0.453 e. The Kier molecular flexibility index (Phi) is 6.79. The number of non-ortho nitro benzene ring substituents is 1. The van der Waals surface area contributed by atoms with Crippen molar-refractivity contribution < 1.29 is 32.4 Å². The number of fused-ring (bicyclic) bond motifs is 1. The number of anilines is 1. The number of alkyl halides is 3. The van der Waals surface area contributed by atoms with Crippen LogP contribution in [-0.4, -0.2) is 43.0 Å². The van der Waals surface area contributed by atoms with Crippen molar-refractivity contribution >= 4 is 29.0 Å². The van der Waals surface area contributed by atoms with Crippen molar-refractivity contribution in [3.63, 3.8) is 0 Å². The molecule has 3 rings (SSSR count). The molecule has 0 aliphatic rings. The summed E-state index contributed by atoms with van der Waals surface area (Å²) in [5.41, 5.74) is 1.83. The van der Waals surface area contributed by atoms with Gasteiger partial charge in [-0.15, -0.1) is 5.10 Å². The first-order valence-corrected chi connectivity index (χ1v) is 9.87. The van der Waals surface area contributed by atoms with Crippen LogP contribution in [0.2, 0.25) is 0 Å². The summed E-state index contributed by atoms with van der Waals surface area (Å²) in [6.07, 6.45) is -4.80. The number of nitro benzene ring substituents is 1. The predicted octanol–water partition coefficient (Wildman–Crippen LogP) is 3.09. The molecule has 3 aromatic rings. The van der Waals surface area contributed by atoms with E-state index in [1.807, 2.05) is 0 Å². The van der Waals surface area contributed by atoms with Gasteiger partial charge in [-0.05, 0) is 38.3 Å². The van der Waals surface area contributed by atoms with Gasteiger partial charge in [0.05, 0.1) is 10.6 Å². The molecule has 180 valence electrons. The lowest BCUT2D eigenvalue weighted by atomic mass is 10.1. The van der Waals surface area contributed by atoms with E-state index >= 15 is 0 Å². The highest BCUT2D eigenvalue weighted by atomic mass is 19.4. The van der Waals surface area contributed by atoms with Gasteiger partial charge < -0.3 is 10.1 Å². The fourth-order valence-electron chi connectivity index (χ4n) is 3.18. The van der Waals surface area contributed by atoms with Gasteiger partial charge in [-0.2, -0.15) is 18.2 Å². The van der Waals surface area contributed by atoms with Crippen LogP contribution in [0.4, 0.5) is 24.5 Å². The maximum atomic E-state index is 12.9. The number of rotatable bonds is 7. The number of amides is 1. The van der Waals surface area contributed by atoms with Crippen LogP contribution in [0.3, 0.4) is 0 Å². The molecular weight excluding hydrogens is 461 g/mol. The number of benzene rings is 1. The fraction of sp³-hybridized carbons (Fsp3) is 0.350. The van der Waals surface area contributed by atoms with Crippen molar-refractivity contribution in [2.45, 2.75) is 39.8 Å². The van der Waals surface area contributed by atoms with Crippen LogP contribution < -0.4 is 5.32 Å². The molecule has 1 N–H and O–H groups in total. The Bertz CT molecular complexity index is 1290. The average Bonchev–Trinajstić information content (AvgIpc) is 3.18. The Morgan fingerprint density at radius 3 is 2.56 bits per heavy atom. The minimum atomic E-state index is -4.72. The van der Waals surface area contributed by atoms with Crippen molar-refractivity contribution in [3.8, 4) is 0 Å². The summed E-state index contributed by atoms with van der Waals surface area (Å²) in [4.78, 5) is 41.9. The number of carbonyl (C=O) groups excluding carboxylic acids is 2. The first kappa shape index (κ1) is 24.5. The lowest BCUT2D eigenvalue weighted by Crippen LogP contribution is -2.21. The molecule has 0 aliphatic carbocycles. The predicted molar refractivity (Wildman–Crippen MR) is 111 cm³/mol. The molecule has 0 aliphatic heterocycles. The standard InChI is InChI=1S/C20H19F3N6O5/c1-10-4-5-13(29(32)33)8-15(10)25-16(30)9-34-17(31)7-6-14-11(2)24-19-26-18(20(21,22)23)27-28(19)12(14)3/h4-5,8H,6-7,9H2,1-3H3,(H,25,30). The van der Waals surface area contributed by atoms with Gasteiger partial charge in [0.1, 0.15) is 0 Å². The monoisotopic (exact) mass is 480 g/mol. The molecule has 2 aromatic heterocycles. The zero-order valence-electron chi connectivity index (χ0n) is 18.3. The average molecular weight is 480 g/mol. The molecule has 0 bridgehead atoms. The molecule has 2 heterocycles. The molecule has 11 nitrogen and oxygen atoms in total. The molecule has 0 atom stereocenters. The lowest BCUT2D eigenvalue weighted by Gasteiger charge is -2.11. The third-order valence-electron chi connectivity index (χ3n) is 4.95. The molecule has 0 radical (unpaired) electrons. The van der Waals surface area contributed by atoms with Gasteiger partial charge in [-0.1, -0.05) is 6.07 Å². The van der Waals surface area contributed by atoms with Gasteiger partial charge in [0, 0.05) is 29.9 Å². The van der Waals surface area contributed by atoms with Gasteiger partial charge in [-0.25, -0.2) is 9.50 Å². The summed E-state index contributed by atoms with van der Waals surface area (Å²) < 4.78 is 44.6. The molecule has 0 fully saturated rings. The summed E-state index contributed by atoms with van der Waals surface area (Å²) in [5.74, 6) is -2.93. The van der Waals surface area contributed by atoms with E-state index in [-0.39, 0.29) is 30.0 Å². The molecule has 34 heavy (non-hydrogen) atoms. The number of hydrogen-bond acceptors (Lipinski definition) is 8. The zero-order valence-corrected chi connectivity index (χ0v) is 18.3. The molecule has 0 saturated heterocycles. The number of nitro groups is 1. The van der Waals surface area contributed by atoms with Crippen LogP contribution in [-0.2, 0) is 26.9 Å². The van der Waals surface area contributed by atoms with Crippen LogP contribution in [0.25, 0.3) is 5.78 Å². The largest absolute Gasteiger partial charge is 0.456 e. The molecule has 1 aromatic carbocycles. The van der Waals surface area contributed by atoms with Crippen molar-refractivity contribution in [1.82, 2.24) is 19.6 Å². The van der Waals surface area contributed by atoms with Gasteiger partial charge >= 0.3 is 12.1 Å². The second-order valence-corrected chi connectivity index (χ2v) is 7.37. The first-order chi connectivity index (χ1) is 15.9. The number of halogens is 3. The number of aryl methyl sites for hydroxylation is 3. The van der Waals surface area contributed by atoms with Gasteiger partial charge in [-0.3, -0.25) is 19.7 Å². The highest BCUT2D eigenvalue weighted by Gasteiger charge is 2.37. The highest BCUT2D eigenvalue weighted by molar-refractivity contribution is 5.93. The summed E-state index contributed by atoms with van der Waals surface area (Å²) in [6.45, 7) is 4.14. The maximum absolute atomic E-state index is 12.9. The van der Waals surface area contributed by atoms with Crippen molar-refractivity contribution in [1.29, 1.82) is 0 Å². The van der Waals surface area contributed by atoms with E-state index in [1.165, 1.54) is 25.1 Å². The van der Waals surface area contributed by atoms with Crippen molar-refractivity contribution in [2.24, 2.45) is 0 Å². The molecule has 1 amide bonds. The van der Waals surface area contributed by atoms with E-state index in [1.54, 1.807) is 13.8 Å². The Morgan fingerprint density at radius 1 is 1.21 bits per heavy atom. The number of nitrogens with one attached hydrogen (secondary N) is 1. The molecule has 14 heteroatoms. The summed E-state index contributed by atoms with van der Waals surface area (Å²) in [5, 5.41) is 16.8. The zero-order chi connectivity index (χ0) is 25.2. The third kappa shape index (κ3) is 5.44. The SMILES string of the molecule is Cc1ccc([N+](=O)[O-])cc1NC(=O)COC(=O)CCc1c(C)nc2nc(C(F)(F)F)nn2c1C. The highest BCUT2D eigenvalue weighted by Crippen LogP contribution is 2.27. The summed E-state index contributed by atoms with van der Waals surface area (Å²) in [6, 6.07) is 3.96. The van der Waals surface area contributed by atoms with E-state index < -0.39 is 35.4 Å².